The van der Waals surface area contributed by atoms with E-state index < -0.39 is 11.4 Å². The molecule has 0 saturated carbocycles. The Morgan fingerprint density at radius 3 is 2.29 bits per heavy atom. The number of rotatable bonds is 1. The van der Waals surface area contributed by atoms with Gasteiger partial charge in [0.1, 0.15) is 12.2 Å². The Labute approximate surface area is 173 Å². The minimum absolute atomic E-state index is 0. The summed E-state index contributed by atoms with van der Waals surface area (Å²) in [5.74, 6) is -0.999. The van der Waals surface area contributed by atoms with Crippen molar-refractivity contribution >= 4 is 28.8 Å². The maximum atomic E-state index is 11.5. The average molecular weight is 435 g/mol. The summed E-state index contributed by atoms with van der Waals surface area (Å²) >= 11 is 0. The van der Waals surface area contributed by atoms with E-state index in [0.717, 1.165) is 18.0 Å². The standard InChI is InChI=1S/C10H14N2O2.C7H4NO.C2H4O2.Cu/c1-10(2,3)9(13)11-8-6-4-5-7-12(8)14;1-2-4-7-6(3-1)8-5-9-7;1-2(3)4;/h4-7H,1-3H3,(H,11,13);1-4H;1H3,(H,3,4);/q;-1;;+2/p-1. The molecule has 0 spiro atoms. The van der Waals surface area contributed by atoms with Gasteiger partial charge in [-0.2, -0.15) is 5.32 Å². The van der Waals surface area contributed by atoms with Gasteiger partial charge in [-0.05, 0) is 29.4 Å². The number of oxazole rings is 1. The maximum Gasteiger partial charge on any atom is 2.00 e. The van der Waals surface area contributed by atoms with Gasteiger partial charge in [0.05, 0.1) is 0 Å². The van der Waals surface area contributed by atoms with E-state index in [4.69, 9.17) is 14.3 Å². The van der Waals surface area contributed by atoms with Crippen molar-refractivity contribution in [3.63, 3.8) is 0 Å². The molecule has 0 aliphatic rings. The minimum Gasteiger partial charge on any atom is -0.805 e. The van der Waals surface area contributed by atoms with Crippen LogP contribution in [0.4, 0.5) is 5.82 Å². The normalized spacial score (nSPS) is 9.71. The minimum atomic E-state index is -0.833. The van der Waals surface area contributed by atoms with Crippen LogP contribution in [0.15, 0.2) is 53.1 Å². The molecular weight excluding hydrogens is 414 g/mol. The van der Waals surface area contributed by atoms with Crippen molar-refractivity contribution < 1.29 is 40.9 Å². The number of benzene rings is 1. The number of fused-ring (bicyclic) bond motifs is 1. The summed E-state index contributed by atoms with van der Waals surface area (Å²) in [6, 6.07) is 12.3. The fourth-order valence-electron chi connectivity index (χ4n) is 1.53. The molecule has 1 N–H and O–H groups in total. The summed E-state index contributed by atoms with van der Waals surface area (Å²) in [4.78, 5) is 24.3. The fraction of sp³-hybridized carbons (Fsp3) is 0.263. The Morgan fingerprint density at radius 2 is 1.75 bits per heavy atom. The zero-order chi connectivity index (χ0) is 20.4. The molecule has 1 aromatic carbocycles. The molecular formula is C19H21CuN3O5. The number of aliphatic carboxylic acids is 1. The molecule has 1 amide bonds. The molecule has 1 radical (unpaired) electrons. The van der Waals surface area contributed by atoms with Crippen molar-refractivity contribution in [1.82, 2.24) is 4.98 Å². The van der Waals surface area contributed by atoms with Crippen LogP contribution in [0, 0.1) is 17.0 Å². The molecule has 153 valence electrons. The van der Waals surface area contributed by atoms with Crippen LogP contribution in [0.5, 0.6) is 0 Å². The second-order valence-electron chi connectivity index (χ2n) is 6.34. The second-order valence-corrected chi connectivity index (χ2v) is 6.34. The van der Waals surface area contributed by atoms with E-state index in [1.54, 1.807) is 32.9 Å². The van der Waals surface area contributed by atoms with Crippen LogP contribution >= 0.6 is 0 Å². The molecule has 0 bridgehead atoms. The predicted octanol–water partition coefficient (Wildman–Crippen LogP) is 3.61. The molecule has 0 saturated heterocycles. The number of carboxylic acids is 1. The third kappa shape index (κ3) is 9.16. The SMILES string of the molecule is CC(=O)O.CC(C)(C)C(=O)[N-]c1cccc[n+]1[O-].[Cu+2].[c-]1nc2ccccc2o1. The van der Waals surface area contributed by atoms with Gasteiger partial charge in [-0.25, -0.2) is 0 Å². The number of amides is 1. The third-order valence-electron chi connectivity index (χ3n) is 2.85. The van der Waals surface area contributed by atoms with Crippen LogP contribution < -0.4 is 4.73 Å². The third-order valence-corrected chi connectivity index (χ3v) is 2.85. The molecule has 0 fully saturated rings. The molecule has 9 heteroatoms. The van der Waals surface area contributed by atoms with E-state index in [2.05, 4.69) is 16.7 Å². The molecule has 3 aromatic rings. The molecule has 0 unspecified atom stereocenters. The fourth-order valence-corrected chi connectivity index (χ4v) is 1.53. The first-order valence-corrected chi connectivity index (χ1v) is 7.96. The number of pyridine rings is 1. The van der Waals surface area contributed by atoms with Crippen LogP contribution in [0.2, 0.25) is 0 Å². The van der Waals surface area contributed by atoms with E-state index in [-0.39, 0.29) is 28.8 Å². The van der Waals surface area contributed by atoms with Crippen molar-refractivity contribution in [3.8, 4) is 0 Å². The van der Waals surface area contributed by atoms with Gasteiger partial charge in [-0.1, -0.05) is 45.0 Å². The number of carboxylic acid groups (broad SMARTS) is 1. The first-order chi connectivity index (χ1) is 12.6. The molecule has 2 heterocycles. The zero-order valence-electron chi connectivity index (χ0n) is 15.8. The number of hydrogen-bond acceptors (Lipinski definition) is 5. The van der Waals surface area contributed by atoms with Crippen molar-refractivity contribution in [2.75, 3.05) is 0 Å². The van der Waals surface area contributed by atoms with Crippen molar-refractivity contribution in [2.45, 2.75) is 27.7 Å². The van der Waals surface area contributed by atoms with Crippen LogP contribution in [-0.2, 0) is 26.7 Å². The first kappa shape index (κ1) is 25.1. The molecule has 0 atom stereocenters. The van der Waals surface area contributed by atoms with Crippen molar-refractivity contribution in [3.05, 3.63) is 65.6 Å². The zero-order valence-corrected chi connectivity index (χ0v) is 16.8. The predicted molar refractivity (Wildman–Crippen MR) is 99.0 cm³/mol. The van der Waals surface area contributed by atoms with E-state index in [9.17, 15) is 10.0 Å². The molecule has 8 nitrogen and oxygen atoms in total. The van der Waals surface area contributed by atoms with Gasteiger partial charge in [0.2, 0.25) is 0 Å². The monoisotopic (exact) mass is 434 g/mol. The number of para-hydroxylation sites is 2. The summed E-state index contributed by atoms with van der Waals surface area (Å²) in [6.45, 7) is 6.37. The van der Waals surface area contributed by atoms with E-state index in [1.807, 2.05) is 24.3 Å². The summed E-state index contributed by atoms with van der Waals surface area (Å²) in [7, 11) is 0. The largest absolute Gasteiger partial charge is 2.00 e. The molecule has 2 aromatic heterocycles. The van der Waals surface area contributed by atoms with E-state index >= 15 is 0 Å². The smallest absolute Gasteiger partial charge is 0.805 e. The van der Waals surface area contributed by atoms with Gasteiger partial charge in [0.25, 0.3) is 11.9 Å². The topological polar surface area (TPSA) is 121 Å². The second kappa shape index (κ2) is 11.7. The molecule has 0 aliphatic carbocycles. The Hall–Kier alpha value is -2.90. The number of hydrogen-bond donors (Lipinski definition) is 1. The van der Waals surface area contributed by atoms with Crippen molar-refractivity contribution in [2.24, 2.45) is 5.41 Å². The maximum absolute atomic E-state index is 11.5. The van der Waals surface area contributed by atoms with Crippen LogP contribution in [0.1, 0.15) is 27.7 Å². The number of nitrogens with zero attached hydrogens (tertiary/aromatic N) is 3. The van der Waals surface area contributed by atoms with Gasteiger partial charge in [0.15, 0.2) is 0 Å². The van der Waals surface area contributed by atoms with E-state index in [0.29, 0.717) is 4.73 Å². The summed E-state index contributed by atoms with van der Waals surface area (Å²) < 4.78 is 5.45. The average Bonchev–Trinajstić information content (AvgIpc) is 3.05. The van der Waals surface area contributed by atoms with Crippen LogP contribution in [0.25, 0.3) is 16.4 Å². The Balaban J connectivity index is 0.000000446. The molecule has 28 heavy (non-hydrogen) atoms. The number of carbonyl (C=O) groups excluding carboxylic acids is 1. The Bertz CT molecular complexity index is 856. The first-order valence-electron chi connectivity index (χ1n) is 7.96. The summed E-state index contributed by atoms with van der Waals surface area (Å²) in [5.41, 5.74) is 1.10. The van der Waals surface area contributed by atoms with Gasteiger partial charge in [0, 0.05) is 12.3 Å². The quantitative estimate of drug-likeness (QED) is 0.270. The van der Waals surface area contributed by atoms with Gasteiger partial charge in [-0.3, -0.25) is 9.59 Å². The summed E-state index contributed by atoms with van der Waals surface area (Å²) in [6.07, 6.45) is 3.73. The Kier molecular flexibility index (Phi) is 10.5. The van der Waals surface area contributed by atoms with Crippen LogP contribution in [-0.4, -0.2) is 22.0 Å². The van der Waals surface area contributed by atoms with Gasteiger partial charge in [-0.15, -0.1) is 6.07 Å². The van der Waals surface area contributed by atoms with Crippen molar-refractivity contribution in [1.29, 1.82) is 0 Å². The summed E-state index contributed by atoms with van der Waals surface area (Å²) in [5, 5.41) is 22.3. The van der Waals surface area contributed by atoms with Gasteiger partial charge < -0.3 is 24.4 Å². The number of carbonyl (C=O) groups is 2. The molecule has 3 rings (SSSR count). The number of aromatic nitrogens is 2. The molecule has 0 aliphatic heterocycles. The van der Waals surface area contributed by atoms with Gasteiger partial charge >= 0.3 is 17.1 Å². The Morgan fingerprint density at radius 1 is 1.18 bits per heavy atom. The van der Waals surface area contributed by atoms with E-state index in [1.165, 1.54) is 12.3 Å². The van der Waals surface area contributed by atoms with Crippen LogP contribution in [0.3, 0.4) is 0 Å².